The van der Waals surface area contributed by atoms with Crippen molar-refractivity contribution in [3.63, 3.8) is 0 Å². The molecule has 0 spiro atoms. The fourth-order valence-electron chi connectivity index (χ4n) is 1.99. The first kappa shape index (κ1) is 16.9. The molecule has 4 heteroatoms. The lowest BCUT2D eigenvalue weighted by Gasteiger charge is -2.14. The molecule has 23 heavy (non-hydrogen) atoms. The summed E-state index contributed by atoms with van der Waals surface area (Å²) in [6.07, 6.45) is 0. The van der Waals surface area contributed by atoms with E-state index in [1.54, 1.807) is 18.2 Å². The Balaban J connectivity index is 2.14. The number of hydrogen-bond acceptors (Lipinski definition) is 4. The van der Waals surface area contributed by atoms with Crippen LogP contribution in [0.1, 0.15) is 29.8 Å². The van der Waals surface area contributed by atoms with E-state index in [1.165, 1.54) is 7.11 Å². The number of hydrogen-bond donors (Lipinski definition) is 0. The fourth-order valence-corrected chi connectivity index (χ4v) is 1.99. The van der Waals surface area contributed by atoms with Crippen LogP contribution in [0.15, 0.2) is 48.5 Å². The third kappa shape index (κ3) is 5.02. The van der Waals surface area contributed by atoms with Crippen molar-refractivity contribution in [3.05, 3.63) is 59.7 Å². The van der Waals surface area contributed by atoms with Gasteiger partial charge in [0.2, 0.25) is 0 Å². The van der Waals surface area contributed by atoms with Crippen molar-refractivity contribution >= 4 is 5.97 Å². The van der Waals surface area contributed by atoms with E-state index >= 15 is 0 Å². The van der Waals surface area contributed by atoms with E-state index in [1.807, 2.05) is 44.2 Å². The molecule has 0 amide bonds. The zero-order valence-corrected chi connectivity index (χ0v) is 13.7. The summed E-state index contributed by atoms with van der Waals surface area (Å²) in [5, 5.41) is 0. The van der Waals surface area contributed by atoms with Crippen molar-refractivity contribution in [3.8, 4) is 11.5 Å². The molecule has 0 heterocycles. The summed E-state index contributed by atoms with van der Waals surface area (Å²) in [5.41, 5.74) is 1.48. The quantitative estimate of drug-likeness (QED) is 0.722. The molecule has 0 aliphatic rings. The maximum Gasteiger partial charge on any atom is 0.341 e. The molecule has 2 aromatic rings. The minimum Gasteiger partial charge on any atom is -0.492 e. The van der Waals surface area contributed by atoms with Crippen molar-refractivity contribution < 1.29 is 19.0 Å². The second kappa shape index (κ2) is 8.22. The molecule has 4 nitrogen and oxygen atoms in total. The monoisotopic (exact) mass is 314 g/mol. The van der Waals surface area contributed by atoms with Crippen molar-refractivity contribution in [2.24, 2.45) is 5.92 Å². The highest BCUT2D eigenvalue weighted by atomic mass is 16.5. The summed E-state index contributed by atoms with van der Waals surface area (Å²) in [7, 11) is 1.36. The van der Waals surface area contributed by atoms with Gasteiger partial charge in [0.1, 0.15) is 23.7 Å². The molecule has 0 fully saturated rings. The van der Waals surface area contributed by atoms with Gasteiger partial charge in [0, 0.05) is 6.07 Å². The Labute approximate surface area is 137 Å². The van der Waals surface area contributed by atoms with E-state index in [0.29, 0.717) is 36.2 Å². The van der Waals surface area contributed by atoms with Crippen LogP contribution >= 0.6 is 0 Å². The first-order valence-electron chi connectivity index (χ1n) is 7.62. The van der Waals surface area contributed by atoms with Gasteiger partial charge in [0.05, 0.1) is 13.7 Å². The van der Waals surface area contributed by atoms with Gasteiger partial charge in [-0.2, -0.15) is 0 Å². The van der Waals surface area contributed by atoms with Crippen molar-refractivity contribution in [1.82, 2.24) is 0 Å². The number of rotatable bonds is 7. The van der Waals surface area contributed by atoms with Crippen LogP contribution in [-0.2, 0) is 11.3 Å². The lowest BCUT2D eigenvalue weighted by Crippen LogP contribution is -2.10. The smallest absolute Gasteiger partial charge is 0.341 e. The van der Waals surface area contributed by atoms with Gasteiger partial charge in [-0.15, -0.1) is 0 Å². The van der Waals surface area contributed by atoms with Gasteiger partial charge >= 0.3 is 5.97 Å². The molecule has 0 N–H and O–H groups in total. The molecule has 0 bridgehead atoms. The molecule has 0 aromatic heterocycles. The topological polar surface area (TPSA) is 44.8 Å². The summed E-state index contributed by atoms with van der Waals surface area (Å²) in [6, 6.07) is 15.0. The maximum absolute atomic E-state index is 11.8. The van der Waals surface area contributed by atoms with E-state index < -0.39 is 5.97 Å². The van der Waals surface area contributed by atoms with Gasteiger partial charge in [0.25, 0.3) is 0 Å². The largest absolute Gasteiger partial charge is 0.492 e. The number of benzene rings is 2. The number of methoxy groups -OCH3 is 1. The van der Waals surface area contributed by atoms with Crippen LogP contribution in [0.4, 0.5) is 0 Å². The third-order valence-corrected chi connectivity index (χ3v) is 3.18. The molecule has 0 atom stereocenters. The predicted molar refractivity (Wildman–Crippen MR) is 88.9 cm³/mol. The molecule has 0 unspecified atom stereocenters. The molecule has 0 aliphatic heterocycles. The van der Waals surface area contributed by atoms with Gasteiger partial charge in [-0.1, -0.05) is 44.2 Å². The first-order valence-corrected chi connectivity index (χ1v) is 7.62. The van der Waals surface area contributed by atoms with Gasteiger partial charge < -0.3 is 14.2 Å². The molecule has 0 aliphatic carbocycles. The van der Waals surface area contributed by atoms with Gasteiger partial charge in [-0.25, -0.2) is 4.79 Å². The molecular formula is C19H22O4. The van der Waals surface area contributed by atoms with Crippen LogP contribution in [0.5, 0.6) is 11.5 Å². The zero-order chi connectivity index (χ0) is 16.7. The van der Waals surface area contributed by atoms with Crippen molar-refractivity contribution in [1.29, 1.82) is 0 Å². The summed E-state index contributed by atoms with van der Waals surface area (Å²) in [4.78, 5) is 11.8. The Hall–Kier alpha value is -2.49. The van der Waals surface area contributed by atoms with Crippen LogP contribution in [0, 0.1) is 5.92 Å². The number of carbonyl (C=O) groups is 1. The van der Waals surface area contributed by atoms with E-state index in [9.17, 15) is 4.79 Å². The second-order valence-corrected chi connectivity index (χ2v) is 5.63. The Kier molecular flexibility index (Phi) is 6.03. The maximum atomic E-state index is 11.8. The normalized spacial score (nSPS) is 10.4. The van der Waals surface area contributed by atoms with E-state index in [4.69, 9.17) is 14.2 Å². The second-order valence-electron chi connectivity index (χ2n) is 5.63. The zero-order valence-electron chi connectivity index (χ0n) is 13.7. The van der Waals surface area contributed by atoms with Crippen LogP contribution in [0.3, 0.4) is 0 Å². The SMILES string of the molecule is COC(=O)c1ccc(OCc2ccccc2)cc1OCC(C)C. The van der Waals surface area contributed by atoms with Crippen LogP contribution in [0.25, 0.3) is 0 Å². The molecule has 0 saturated heterocycles. The Morgan fingerprint density at radius 1 is 1.04 bits per heavy atom. The number of esters is 1. The highest BCUT2D eigenvalue weighted by Crippen LogP contribution is 2.26. The Morgan fingerprint density at radius 3 is 2.43 bits per heavy atom. The van der Waals surface area contributed by atoms with Crippen LogP contribution in [0.2, 0.25) is 0 Å². The molecular weight excluding hydrogens is 292 g/mol. The Morgan fingerprint density at radius 2 is 1.78 bits per heavy atom. The molecule has 2 rings (SSSR count). The van der Waals surface area contributed by atoms with E-state index in [2.05, 4.69) is 0 Å². The predicted octanol–water partition coefficient (Wildman–Crippen LogP) is 4.09. The van der Waals surface area contributed by atoms with Crippen LogP contribution in [-0.4, -0.2) is 19.7 Å². The molecule has 122 valence electrons. The third-order valence-electron chi connectivity index (χ3n) is 3.18. The Bertz CT molecular complexity index is 635. The van der Waals surface area contributed by atoms with Crippen LogP contribution < -0.4 is 9.47 Å². The van der Waals surface area contributed by atoms with E-state index in [-0.39, 0.29) is 0 Å². The highest BCUT2D eigenvalue weighted by Gasteiger charge is 2.15. The van der Waals surface area contributed by atoms with Gasteiger partial charge in [-0.05, 0) is 23.6 Å². The summed E-state index contributed by atoms with van der Waals surface area (Å²) in [5.74, 6) is 1.07. The number of ether oxygens (including phenoxy) is 3. The van der Waals surface area contributed by atoms with Gasteiger partial charge in [0.15, 0.2) is 0 Å². The minimum absolute atomic E-state index is 0.356. The lowest BCUT2D eigenvalue weighted by molar-refractivity contribution is 0.0595. The lowest BCUT2D eigenvalue weighted by atomic mass is 10.2. The molecule has 2 aromatic carbocycles. The summed E-state index contributed by atoms with van der Waals surface area (Å²) >= 11 is 0. The highest BCUT2D eigenvalue weighted by molar-refractivity contribution is 5.92. The first-order chi connectivity index (χ1) is 11.1. The molecule has 0 radical (unpaired) electrons. The standard InChI is InChI=1S/C19H22O4/c1-14(2)12-23-18-11-16(9-10-17(18)19(20)21-3)22-13-15-7-5-4-6-8-15/h4-11,14H,12-13H2,1-3H3. The fraction of sp³-hybridized carbons (Fsp3) is 0.316. The van der Waals surface area contributed by atoms with Crippen molar-refractivity contribution in [2.45, 2.75) is 20.5 Å². The summed E-state index contributed by atoms with van der Waals surface area (Å²) in [6.45, 7) is 5.08. The van der Waals surface area contributed by atoms with Gasteiger partial charge in [-0.3, -0.25) is 0 Å². The summed E-state index contributed by atoms with van der Waals surface area (Å²) < 4.78 is 16.3. The average molecular weight is 314 g/mol. The van der Waals surface area contributed by atoms with E-state index in [0.717, 1.165) is 5.56 Å². The number of carbonyl (C=O) groups excluding carboxylic acids is 1. The van der Waals surface area contributed by atoms with Crippen molar-refractivity contribution in [2.75, 3.05) is 13.7 Å². The average Bonchev–Trinajstić information content (AvgIpc) is 2.58. The minimum atomic E-state index is -0.418. The molecule has 0 saturated carbocycles.